The molecule has 4 nitrogen and oxygen atoms in total. The molecule has 1 aromatic rings. The number of likely N-dealkylation sites (tertiary alicyclic amines) is 1. The van der Waals surface area contributed by atoms with Crippen molar-refractivity contribution in [1.82, 2.24) is 10.2 Å². The molecule has 0 aromatic heterocycles. The first kappa shape index (κ1) is 16.6. The summed E-state index contributed by atoms with van der Waals surface area (Å²) in [6, 6.07) is 8.73. The van der Waals surface area contributed by atoms with E-state index in [1.54, 1.807) is 0 Å². The second-order valence-corrected chi connectivity index (χ2v) is 6.61. The molecule has 0 amide bonds. The lowest BCUT2D eigenvalue weighted by Gasteiger charge is -2.34. The Hall–Kier alpha value is -1.26. The summed E-state index contributed by atoms with van der Waals surface area (Å²) in [4.78, 5) is 2.54. The van der Waals surface area contributed by atoms with Crippen molar-refractivity contribution < 1.29 is 9.47 Å². The molecule has 23 heavy (non-hydrogen) atoms. The zero-order chi connectivity index (χ0) is 15.9. The molecule has 2 fully saturated rings. The molecule has 3 rings (SSSR count). The monoisotopic (exact) mass is 318 g/mol. The maximum absolute atomic E-state index is 5.94. The van der Waals surface area contributed by atoms with Gasteiger partial charge in [0.05, 0.1) is 6.61 Å². The molecular weight excluding hydrogens is 288 g/mol. The van der Waals surface area contributed by atoms with Crippen LogP contribution in [0.4, 0.5) is 0 Å². The van der Waals surface area contributed by atoms with Gasteiger partial charge in [0.1, 0.15) is 6.61 Å². The third-order valence-electron chi connectivity index (χ3n) is 5.11. The molecule has 1 unspecified atom stereocenters. The maximum Gasteiger partial charge on any atom is 0.161 e. The van der Waals surface area contributed by atoms with Crippen LogP contribution in [0.25, 0.3) is 0 Å². The Morgan fingerprint density at radius 2 is 1.83 bits per heavy atom. The van der Waals surface area contributed by atoms with Crippen molar-refractivity contribution in [1.29, 1.82) is 0 Å². The Balaban J connectivity index is 1.38. The minimum atomic E-state index is 0.670. The van der Waals surface area contributed by atoms with Gasteiger partial charge in [-0.05, 0) is 70.3 Å². The summed E-state index contributed by atoms with van der Waals surface area (Å²) >= 11 is 0. The number of piperidine rings is 1. The number of hydrogen-bond donors (Lipinski definition) is 1. The van der Waals surface area contributed by atoms with Crippen LogP contribution in [-0.4, -0.2) is 50.3 Å². The highest BCUT2D eigenvalue weighted by Crippen LogP contribution is 2.27. The van der Waals surface area contributed by atoms with Crippen molar-refractivity contribution in [3.63, 3.8) is 0 Å². The molecule has 0 bridgehead atoms. The molecule has 1 atom stereocenters. The number of para-hydroxylation sites is 2. The average molecular weight is 318 g/mol. The van der Waals surface area contributed by atoms with Gasteiger partial charge in [-0.25, -0.2) is 0 Å². The van der Waals surface area contributed by atoms with Gasteiger partial charge in [-0.15, -0.1) is 0 Å². The van der Waals surface area contributed by atoms with Gasteiger partial charge in [0, 0.05) is 12.6 Å². The zero-order valence-electron chi connectivity index (χ0n) is 14.3. The van der Waals surface area contributed by atoms with Crippen molar-refractivity contribution in [2.75, 3.05) is 39.4 Å². The van der Waals surface area contributed by atoms with Gasteiger partial charge < -0.3 is 14.8 Å². The van der Waals surface area contributed by atoms with Crippen LogP contribution in [0.2, 0.25) is 0 Å². The molecular formula is C19H30N2O2. The Kier molecular flexibility index (Phi) is 6.17. The molecule has 1 aromatic carbocycles. The molecule has 0 aliphatic carbocycles. The van der Waals surface area contributed by atoms with E-state index in [-0.39, 0.29) is 0 Å². The quantitative estimate of drug-likeness (QED) is 0.838. The summed E-state index contributed by atoms with van der Waals surface area (Å²) in [7, 11) is 0. The molecule has 2 heterocycles. The van der Waals surface area contributed by atoms with E-state index in [0.717, 1.165) is 36.6 Å². The van der Waals surface area contributed by atoms with E-state index in [2.05, 4.69) is 10.2 Å². The maximum atomic E-state index is 5.94. The second-order valence-electron chi connectivity index (χ2n) is 6.61. The van der Waals surface area contributed by atoms with Gasteiger partial charge in [0.2, 0.25) is 0 Å². The predicted octanol–water partition coefficient (Wildman–Crippen LogP) is 2.93. The molecule has 0 radical (unpaired) electrons. The lowest BCUT2D eigenvalue weighted by atomic mass is 9.88. The number of nitrogens with one attached hydrogen (secondary N) is 1. The van der Waals surface area contributed by atoms with Crippen LogP contribution in [0, 0.1) is 5.92 Å². The molecule has 4 heteroatoms. The molecule has 2 saturated heterocycles. The lowest BCUT2D eigenvalue weighted by Crippen LogP contribution is -2.42. The van der Waals surface area contributed by atoms with Gasteiger partial charge in [0.25, 0.3) is 0 Å². The van der Waals surface area contributed by atoms with Gasteiger partial charge in [-0.3, -0.25) is 4.90 Å². The molecule has 128 valence electrons. The molecule has 0 saturated carbocycles. The lowest BCUT2D eigenvalue weighted by molar-refractivity contribution is 0.139. The van der Waals surface area contributed by atoms with Crippen LogP contribution in [0.5, 0.6) is 11.5 Å². The van der Waals surface area contributed by atoms with Gasteiger partial charge in [-0.1, -0.05) is 12.1 Å². The van der Waals surface area contributed by atoms with E-state index < -0.39 is 0 Å². The van der Waals surface area contributed by atoms with E-state index in [0.29, 0.717) is 6.61 Å². The van der Waals surface area contributed by atoms with Crippen molar-refractivity contribution >= 4 is 0 Å². The van der Waals surface area contributed by atoms with Crippen LogP contribution in [0.15, 0.2) is 24.3 Å². The van der Waals surface area contributed by atoms with Crippen LogP contribution < -0.4 is 14.8 Å². The third-order valence-corrected chi connectivity index (χ3v) is 5.11. The summed E-state index contributed by atoms with van der Waals surface area (Å²) in [6.07, 6.45) is 5.39. The Labute approximate surface area is 140 Å². The SMILES string of the molecule is CCOc1ccccc1OCCN1CCC(C2CCCN2)CC1. The largest absolute Gasteiger partial charge is 0.490 e. The van der Waals surface area contributed by atoms with Crippen LogP contribution in [0.3, 0.4) is 0 Å². The fraction of sp³-hybridized carbons (Fsp3) is 0.684. The van der Waals surface area contributed by atoms with Crippen molar-refractivity contribution in [2.45, 2.75) is 38.6 Å². The zero-order valence-corrected chi connectivity index (χ0v) is 14.3. The van der Waals surface area contributed by atoms with E-state index in [1.807, 2.05) is 31.2 Å². The number of hydrogen-bond acceptors (Lipinski definition) is 4. The van der Waals surface area contributed by atoms with Crippen LogP contribution in [0.1, 0.15) is 32.6 Å². The predicted molar refractivity (Wildman–Crippen MR) is 93.3 cm³/mol. The molecule has 2 aliphatic rings. The van der Waals surface area contributed by atoms with Crippen molar-refractivity contribution in [3.8, 4) is 11.5 Å². The number of rotatable bonds is 7. The third kappa shape index (κ3) is 4.61. The molecule has 2 aliphatic heterocycles. The topological polar surface area (TPSA) is 33.7 Å². The fourth-order valence-electron chi connectivity index (χ4n) is 3.82. The van der Waals surface area contributed by atoms with E-state index in [4.69, 9.17) is 9.47 Å². The van der Waals surface area contributed by atoms with Gasteiger partial charge in [-0.2, -0.15) is 0 Å². The van der Waals surface area contributed by atoms with Gasteiger partial charge >= 0.3 is 0 Å². The minimum Gasteiger partial charge on any atom is -0.490 e. The normalized spacial score (nSPS) is 23.1. The number of ether oxygens (including phenoxy) is 2. The number of nitrogens with zero attached hydrogens (tertiary/aromatic N) is 1. The highest BCUT2D eigenvalue weighted by molar-refractivity contribution is 5.39. The summed E-state index contributed by atoms with van der Waals surface area (Å²) in [5.74, 6) is 2.59. The van der Waals surface area contributed by atoms with E-state index >= 15 is 0 Å². The summed E-state index contributed by atoms with van der Waals surface area (Å²) in [5.41, 5.74) is 0. The fourth-order valence-corrected chi connectivity index (χ4v) is 3.82. The Bertz CT molecular complexity index is 466. The highest BCUT2D eigenvalue weighted by Gasteiger charge is 2.28. The summed E-state index contributed by atoms with van der Waals surface area (Å²) < 4.78 is 11.5. The first-order valence-electron chi connectivity index (χ1n) is 9.17. The summed E-state index contributed by atoms with van der Waals surface area (Å²) in [5, 5.41) is 3.67. The highest BCUT2D eigenvalue weighted by atomic mass is 16.5. The Morgan fingerprint density at radius 1 is 1.09 bits per heavy atom. The number of benzene rings is 1. The first-order valence-corrected chi connectivity index (χ1v) is 9.17. The Morgan fingerprint density at radius 3 is 2.48 bits per heavy atom. The standard InChI is InChI=1S/C19H30N2O2/c1-2-22-18-7-3-4-8-19(18)23-15-14-21-12-9-16(10-13-21)17-6-5-11-20-17/h3-4,7-8,16-17,20H,2,5-6,9-15H2,1H3. The first-order chi connectivity index (χ1) is 11.4. The van der Waals surface area contributed by atoms with Crippen molar-refractivity contribution in [3.05, 3.63) is 24.3 Å². The van der Waals surface area contributed by atoms with Crippen LogP contribution >= 0.6 is 0 Å². The van der Waals surface area contributed by atoms with E-state index in [1.165, 1.54) is 45.3 Å². The average Bonchev–Trinajstić information content (AvgIpc) is 3.12. The summed E-state index contributed by atoms with van der Waals surface area (Å²) in [6.45, 7) is 8.04. The van der Waals surface area contributed by atoms with Gasteiger partial charge in [0.15, 0.2) is 11.5 Å². The van der Waals surface area contributed by atoms with E-state index in [9.17, 15) is 0 Å². The molecule has 0 spiro atoms. The smallest absolute Gasteiger partial charge is 0.161 e. The minimum absolute atomic E-state index is 0.670. The van der Waals surface area contributed by atoms with Crippen LogP contribution in [-0.2, 0) is 0 Å². The van der Waals surface area contributed by atoms with Crippen molar-refractivity contribution in [2.24, 2.45) is 5.92 Å². The second kappa shape index (κ2) is 8.55. The molecule has 1 N–H and O–H groups in total.